The van der Waals surface area contributed by atoms with Crippen molar-refractivity contribution in [2.45, 2.75) is 26.9 Å². The highest BCUT2D eigenvalue weighted by Gasteiger charge is 2.06. The lowest BCUT2D eigenvalue weighted by Crippen LogP contribution is -2.20. The first-order chi connectivity index (χ1) is 10.1. The van der Waals surface area contributed by atoms with Crippen LogP contribution in [0.5, 0.6) is 0 Å². The number of benzene rings is 1. The molecule has 4 heteroatoms. The molecule has 110 valence electrons. The largest absolute Gasteiger partial charge is 0.346 e. The first-order valence-electron chi connectivity index (χ1n) is 7.13. The van der Waals surface area contributed by atoms with E-state index in [1.54, 1.807) is 12.1 Å². The summed E-state index contributed by atoms with van der Waals surface area (Å²) in [5.74, 6) is 0.149. The van der Waals surface area contributed by atoms with Gasteiger partial charge in [-0.2, -0.15) is 5.26 Å². The molecule has 0 unspecified atom stereocenters. The summed E-state index contributed by atoms with van der Waals surface area (Å²) in [4.78, 5) is 0. The maximum atomic E-state index is 13.3. The van der Waals surface area contributed by atoms with Crippen molar-refractivity contribution in [3.05, 3.63) is 59.2 Å². The van der Waals surface area contributed by atoms with Gasteiger partial charge in [0.2, 0.25) is 0 Å². The fraction of sp³-hybridized carbons (Fsp3) is 0.353. The van der Waals surface area contributed by atoms with Gasteiger partial charge in [-0.1, -0.05) is 19.9 Å². The van der Waals surface area contributed by atoms with Gasteiger partial charge in [-0.3, -0.25) is 0 Å². The van der Waals surface area contributed by atoms with Crippen LogP contribution in [0.2, 0.25) is 0 Å². The van der Waals surface area contributed by atoms with Crippen molar-refractivity contribution < 1.29 is 4.39 Å². The number of hydrogen-bond acceptors (Lipinski definition) is 2. The predicted molar refractivity (Wildman–Crippen MR) is 81.2 cm³/mol. The van der Waals surface area contributed by atoms with Gasteiger partial charge in [-0.05, 0) is 42.3 Å². The molecule has 3 nitrogen and oxygen atoms in total. The van der Waals surface area contributed by atoms with Gasteiger partial charge in [0.15, 0.2) is 0 Å². The quantitative estimate of drug-likeness (QED) is 0.884. The highest BCUT2D eigenvalue weighted by molar-refractivity contribution is 5.34. The molecule has 0 atom stereocenters. The molecule has 0 saturated carbocycles. The van der Waals surface area contributed by atoms with Crippen molar-refractivity contribution in [1.29, 1.82) is 5.26 Å². The van der Waals surface area contributed by atoms with Crippen LogP contribution in [0.1, 0.15) is 30.7 Å². The summed E-state index contributed by atoms with van der Waals surface area (Å²) in [6.45, 7) is 6.76. The van der Waals surface area contributed by atoms with Crippen molar-refractivity contribution in [3.8, 4) is 6.07 Å². The van der Waals surface area contributed by atoms with Gasteiger partial charge < -0.3 is 9.88 Å². The summed E-state index contributed by atoms with van der Waals surface area (Å²) in [5.41, 5.74) is 2.20. The summed E-state index contributed by atoms with van der Waals surface area (Å²) in [6.07, 6.45) is 2.00. The van der Waals surface area contributed by atoms with Crippen LogP contribution in [-0.4, -0.2) is 11.1 Å². The molecule has 1 aromatic carbocycles. The van der Waals surface area contributed by atoms with E-state index in [0.29, 0.717) is 12.5 Å². The molecule has 0 amide bonds. The number of nitrogens with zero attached hydrogens (tertiary/aromatic N) is 2. The maximum Gasteiger partial charge on any atom is 0.140 e. The van der Waals surface area contributed by atoms with E-state index in [1.807, 2.05) is 18.3 Å². The van der Waals surface area contributed by atoms with Crippen molar-refractivity contribution in [2.75, 3.05) is 6.54 Å². The molecule has 0 radical (unpaired) electrons. The average Bonchev–Trinajstić information content (AvgIpc) is 2.88. The fourth-order valence-corrected chi connectivity index (χ4v) is 2.21. The molecule has 21 heavy (non-hydrogen) atoms. The van der Waals surface area contributed by atoms with E-state index < -0.39 is 5.82 Å². The van der Waals surface area contributed by atoms with Crippen LogP contribution in [0.3, 0.4) is 0 Å². The highest BCUT2D eigenvalue weighted by Crippen LogP contribution is 2.13. The number of aromatic nitrogens is 1. The molecule has 2 rings (SSSR count). The monoisotopic (exact) mass is 285 g/mol. The molecule has 0 aliphatic carbocycles. The lowest BCUT2D eigenvalue weighted by atomic mass is 10.1. The molecule has 1 heterocycles. The van der Waals surface area contributed by atoms with Crippen molar-refractivity contribution >= 4 is 0 Å². The van der Waals surface area contributed by atoms with Gasteiger partial charge in [0.1, 0.15) is 11.9 Å². The third kappa shape index (κ3) is 4.17. The first-order valence-corrected chi connectivity index (χ1v) is 7.13. The van der Waals surface area contributed by atoms with Gasteiger partial charge in [0.25, 0.3) is 0 Å². The number of nitriles is 1. The average molecular weight is 285 g/mol. The minimum absolute atomic E-state index is 0.0964. The van der Waals surface area contributed by atoms with Crippen molar-refractivity contribution in [2.24, 2.45) is 5.92 Å². The van der Waals surface area contributed by atoms with Crippen LogP contribution in [-0.2, 0) is 13.1 Å². The minimum Gasteiger partial charge on any atom is -0.346 e. The summed E-state index contributed by atoms with van der Waals surface area (Å²) in [7, 11) is 0. The summed E-state index contributed by atoms with van der Waals surface area (Å²) in [5, 5.41) is 12.3. The zero-order chi connectivity index (χ0) is 15.2. The molecular formula is C17H20FN3. The van der Waals surface area contributed by atoms with E-state index in [1.165, 1.54) is 11.8 Å². The normalized spacial score (nSPS) is 10.8. The molecule has 0 bridgehead atoms. The minimum atomic E-state index is -0.465. The molecule has 2 aromatic rings. The summed E-state index contributed by atoms with van der Waals surface area (Å²) >= 11 is 0. The number of hydrogen-bond donors (Lipinski definition) is 1. The Bertz CT molecular complexity index is 638. The second kappa shape index (κ2) is 7.05. The van der Waals surface area contributed by atoms with Crippen LogP contribution in [0.25, 0.3) is 0 Å². The number of nitrogens with one attached hydrogen (secondary N) is 1. The predicted octanol–water partition coefficient (Wildman–Crippen LogP) is 3.29. The van der Waals surface area contributed by atoms with E-state index in [9.17, 15) is 4.39 Å². The SMILES string of the molecule is CC(C)CNCc1cccn1Cc1ccc(F)c(C#N)c1. The topological polar surface area (TPSA) is 40.8 Å². The Morgan fingerprint density at radius 1 is 1.33 bits per heavy atom. The molecule has 0 aliphatic heterocycles. The molecule has 0 fully saturated rings. The fourth-order valence-electron chi connectivity index (χ4n) is 2.21. The van der Waals surface area contributed by atoms with Crippen LogP contribution < -0.4 is 5.32 Å². The Morgan fingerprint density at radius 3 is 2.86 bits per heavy atom. The van der Waals surface area contributed by atoms with E-state index in [-0.39, 0.29) is 5.56 Å². The standard InChI is InChI=1S/C17H20FN3/c1-13(2)10-20-11-16-4-3-7-21(16)12-14-5-6-17(18)15(8-14)9-19/h3-8,13,20H,10-12H2,1-2H3. The first kappa shape index (κ1) is 15.3. The van der Waals surface area contributed by atoms with Gasteiger partial charge >= 0.3 is 0 Å². The molecule has 0 saturated heterocycles. The molecule has 1 aromatic heterocycles. The Morgan fingerprint density at radius 2 is 2.14 bits per heavy atom. The van der Waals surface area contributed by atoms with E-state index >= 15 is 0 Å². The molecular weight excluding hydrogens is 265 g/mol. The molecule has 0 aliphatic rings. The van der Waals surface area contributed by atoms with Gasteiger partial charge in [0.05, 0.1) is 5.56 Å². The summed E-state index contributed by atoms with van der Waals surface area (Å²) < 4.78 is 15.4. The van der Waals surface area contributed by atoms with Gasteiger partial charge in [0, 0.05) is 25.0 Å². The smallest absolute Gasteiger partial charge is 0.140 e. The highest BCUT2D eigenvalue weighted by atomic mass is 19.1. The Balaban J connectivity index is 2.07. The zero-order valence-corrected chi connectivity index (χ0v) is 12.4. The maximum absolute atomic E-state index is 13.3. The summed E-state index contributed by atoms with van der Waals surface area (Å²) in [6, 6.07) is 10.6. The van der Waals surface area contributed by atoms with E-state index in [4.69, 9.17) is 5.26 Å². The number of halogens is 1. The van der Waals surface area contributed by atoms with E-state index in [2.05, 4.69) is 29.8 Å². The Hall–Kier alpha value is -2.12. The Labute approximate surface area is 125 Å². The second-order valence-corrected chi connectivity index (χ2v) is 5.58. The van der Waals surface area contributed by atoms with Gasteiger partial charge in [-0.15, -0.1) is 0 Å². The van der Waals surface area contributed by atoms with E-state index in [0.717, 1.165) is 18.7 Å². The van der Waals surface area contributed by atoms with Crippen molar-refractivity contribution in [1.82, 2.24) is 9.88 Å². The third-order valence-electron chi connectivity index (χ3n) is 3.29. The lowest BCUT2D eigenvalue weighted by Gasteiger charge is -2.12. The van der Waals surface area contributed by atoms with Gasteiger partial charge in [-0.25, -0.2) is 4.39 Å². The number of rotatable bonds is 6. The van der Waals surface area contributed by atoms with Crippen LogP contribution in [0, 0.1) is 23.1 Å². The zero-order valence-electron chi connectivity index (χ0n) is 12.4. The molecule has 0 spiro atoms. The molecule has 1 N–H and O–H groups in total. The van der Waals surface area contributed by atoms with Crippen LogP contribution >= 0.6 is 0 Å². The van der Waals surface area contributed by atoms with Crippen molar-refractivity contribution in [3.63, 3.8) is 0 Å². The third-order valence-corrected chi connectivity index (χ3v) is 3.29. The second-order valence-electron chi connectivity index (χ2n) is 5.58. The Kier molecular flexibility index (Phi) is 5.13. The van der Waals surface area contributed by atoms with Crippen LogP contribution in [0.15, 0.2) is 36.5 Å². The van der Waals surface area contributed by atoms with Crippen LogP contribution in [0.4, 0.5) is 4.39 Å². The lowest BCUT2D eigenvalue weighted by molar-refractivity contribution is 0.539.